The van der Waals surface area contributed by atoms with Crippen molar-refractivity contribution in [3.05, 3.63) is 29.8 Å². The van der Waals surface area contributed by atoms with E-state index in [1.807, 2.05) is 31.4 Å². The normalized spacial score (nSPS) is 12.2. The van der Waals surface area contributed by atoms with Crippen LogP contribution >= 0.6 is 11.8 Å². The highest BCUT2D eigenvalue weighted by Crippen LogP contribution is 2.20. The number of benzene rings is 1. The zero-order chi connectivity index (χ0) is 12.0. The van der Waals surface area contributed by atoms with Gasteiger partial charge in [-0.2, -0.15) is 0 Å². The standard InChI is InChI=1S/C13H19NOS/c1-4-10(2)14-13(15)9-11-7-5-6-8-12(11)16-3/h5-8,10H,4,9H2,1-3H3,(H,14,15). The van der Waals surface area contributed by atoms with Crippen LogP contribution in [0.3, 0.4) is 0 Å². The van der Waals surface area contributed by atoms with Crippen LogP contribution in [0.15, 0.2) is 29.2 Å². The van der Waals surface area contributed by atoms with Gasteiger partial charge in [0.15, 0.2) is 0 Å². The van der Waals surface area contributed by atoms with Gasteiger partial charge in [0.2, 0.25) is 5.91 Å². The van der Waals surface area contributed by atoms with Crippen molar-refractivity contribution in [2.75, 3.05) is 6.26 Å². The summed E-state index contributed by atoms with van der Waals surface area (Å²) in [6.07, 6.45) is 3.47. The van der Waals surface area contributed by atoms with E-state index in [1.165, 1.54) is 4.90 Å². The van der Waals surface area contributed by atoms with Gasteiger partial charge in [-0.25, -0.2) is 0 Å². The van der Waals surface area contributed by atoms with Gasteiger partial charge in [-0.3, -0.25) is 4.79 Å². The molecule has 0 saturated heterocycles. The molecule has 0 radical (unpaired) electrons. The van der Waals surface area contributed by atoms with Gasteiger partial charge < -0.3 is 5.32 Å². The van der Waals surface area contributed by atoms with Crippen molar-refractivity contribution in [2.45, 2.75) is 37.6 Å². The van der Waals surface area contributed by atoms with Gasteiger partial charge in [0.05, 0.1) is 6.42 Å². The Morgan fingerprint density at radius 3 is 2.75 bits per heavy atom. The van der Waals surface area contributed by atoms with Crippen molar-refractivity contribution < 1.29 is 4.79 Å². The zero-order valence-electron chi connectivity index (χ0n) is 10.1. The van der Waals surface area contributed by atoms with Crippen LogP contribution in [0.4, 0.5) is 0 Å². The number of hydrogen-bond donors (Lipinski definition) is 1. The van der Waals surface area contributed by atoms with Gasteiger partial charge in [-0.1, -0.05) is 25.1 Å². The zero-order valence-corrected chi connectivity index (χ0v) is 10.9. The Labute approximate surface area is 102 Å². The first-order chi connectivity index (χ1) is 7.67. The molecule has 1 aromatic carbocycles. The van der Waals surface area contributed by atoms with E-state index in [1.54, 1.807) is 11.8 Å². The van der Waals surface area contributed by atoms with Crippen molar-refractivity contribution in [3.8, 4) is 0 Å². The molecule has 0 spiro atoms. The number of rotatable bonds is 5. The first kappa shape index (κ1) is 13.1. The molecule has 2 nitrogen and oxygen atoms in total. The Hall–Kier alpha value is -0.960. The molecule has 0 heterocycles. The Kier molecular flexibility index (Phi) is 5.39. The molecule has 1 rings (SSSR count). The van der Waals surface area contributed by atoms with Gasteiger partial charge in [0, 0.05) is 10.9 Å². The topological polar surface area (TPSA) is 29.1 Å². The number of hydrogen-bond acceptors (Lipinski definition) is 2. The van der Waals surface area contributed by atoms with Crippen LogP contribution in [-0.2, 0) is 11.2 Å². The summed E-state index contributed by atoms with van der Waals surface area (Å²) >= 11 is 1.68. The average molecular weight is 237 g/mol. The Bertz CT molecular complexity index is 352. The molecule has 0 saturated carbocycles. The van der Waals surface area contributed by atoms with Crippen molar-refractivity contribution in [1.82, 2.24) is 5.32 Å². The van der Waals surface area contributed by atoms with Gasteiger partial charge in [-0.05, 0) is 31.2 Å². The SMILES string of the molecule is CCC(C)NC(=O)Cc1ccccc1SC. The molecule has 1 aromatic rings. The second-order valence-corrected chi connectivity index (χ2v) is 4.71. The Balaban J connectivity index is 2.62. The summed E-state index contributed by atoms with van der Waals surface area (Å²) < 4.78 is 0. The van der Waals surface area contributed by atoms with E-state index in [-0.39, 0.29) is 11.9 Å². The second-order valence-electron chi connectivity index (χ2n) is 3.87. The maximum absolute atomic E-state index is 11.7. The smallest absolute Gasteiger partial charge is 0.224 e. The third-order valence-corrected chi connectivity index (χ3v) is 3.40. The largest absolute Gasteiger partial charge is 0.353 e. The van der Waals surface area contributed by atoms with Crippen LogP contribution in [0, 0.1) is 0 Å². The summed E-state index contributed by atoms with van der Waals surface area (Å²) in [6, 6.07) is 8.31. The minimum Gasteiger partial charge on any atom is -0.353 e. The second kappa shape index (κ2) is 6.59. The average Bonchev–Trinajstić information content (AvgIpc) is 2.29. The van der Waals surface area contributed by atoms with Crippen LogP contribution in [0.5, 0.6) is 0 Å². The molecule has 1 unspecified atom stereocenters. The van der Waals surface area contributed by atoms with E-state index in [2.05, 4.69) is 18.3 Å². The number of carbonyl (C=O) groups is 1. The molecule has 0 aliphatic rings. The van der Waals surface area contributed by atoms with E-state index in [0.717, 1.165) is 12.0 Å². The Morgan fingerprint density at radius 2 is 2.12 bits per heavy atom. The van der Waals surface area contributed by atoms with E-state index in [0.29, 0.717) is 6.42 Å². The molecular weight excluding hydrogens is 218 g/mol. The quantitative estimate of drug-likeness (QED) is 0.798. The number of carbonyl (C=O) groups excluding carboxylic acids is 1. The van der Waals surface area contributed by atoms with Crippen LogP contribution in [0.25, 0.3) is 0 Å². The molecule has 0 fully saturated rings. The molecule has 3 heteroatoms. The van der Waals surface area contributed by atoms with Crippen molar-refractivity contribution in [1.29, 1.82) is 0 Å². The van der Waals surface area contributed by atoms with Crippen molar-refractivity contribution >= 4 is 17.7 Å². The minimum atomic E-state index is 0.107. The molecule has 0 aromatic heterocycles. The molecule has 0 aliphatic heterocycles. The first-order valence-electron chi connectivity index (χ1n) is 5.58. The lowest BCUT2D eigenvalue weighted by atomic mass is 10.1. The predicted octanol–water partition coefficient (Wildman–Crippen LogP) is 2.87. The molecular formula is C13H19NOS. The maximum Gasteiger partial charge on any atom is 0.224 e. The van der Waals surface area contributed by atoms with E-state index >= 15 is 0 Å². The lowest BCUT2D eigenvalue weighted by Crippen LogP contribution is -2.33. The maximum atomic E-state index is 11.7. The van der Waals surface area contributed by atoms with Gasteiger partial charge in [0.1, 0.15) is 0 Å². The van der Waals surface area contributed by atoms with Crippen molar-refractivity contribution in [2.24, 2.45) is 0 Å². The Morgan fingerprint density at radius 1 is 1.44 bits per heavy atom. The number of nitrogens with one attached hydrogen (secondary N) is 1. The summed E-state index contributed by atoms with van der Waals surface area (Å²) in [4.78, 5) is 12.9. The molecule has 0 bridgehead atoms. The van der Waals surface area contributed by atoms with Crippen LogP contribution in [-0.4, -0.2) is 18.2 Å². The fraction of sp³-hybridized carbons (Fsp3) is 0.462. The highest BCUT2D eigenvalue weighted by atomic mass is 32.2. The molecule has 0 aliphatic carbocycles. The van der Waals surface area contributed by atoms with Gasteiger partial charge >= 0.3 is 0 Å². The van der Waals surface area contributed by atoms with E-state index < -0.39 is 0 Å². The molecule has 1 N–H and O–H groups in total. The molecule has 1 atom stereocenters. The number of amides is 1. The summed E-state index contributed by atoms with van der Waals surface area (Å²) in [5.74, 6) is 0.107. The summed E-state index contributed by atoms with van der Waals surface area (Å²) in [7, 11) is 0. The highest BCUT2D eigenvalue weighted by Gasteiger charge is 2.08. The van der Waals surface area contributed by atoms with Crippen molar-refractivity contribution in [3.63, 3.8) is 0 Å². The number of thioether (sulfide) groups is 1. The summed E-state index contributed by atoms with van der Waals surface area (Å²) in [6.45, 7) is 4.10. The lowest BCUT2D eigenvalue weighted by molar-refractivity contribution is -0.121. The summed E-state index contributed by atoms with van der Waals surface area (Å²) in [5, 5.41) is 2.98. The summed E-state index contributed by atoms with van der Waals surface area (Å²) in [5.41, 5.74) is 1.11. The predicted molar refractivity (Wildman–Crippen MR) is 69.8 cm³/mol. The highest BCUT2D eigenvalue weighted by molar-refractivity contribution is 7.98. The van der Waals surface area contributed by atoms with Gasteiger partial charge in [0.25, 0.3) is 0 Å². The molecule has 16 heavy (non-hydrogen) atoms. The lowest BCUT2D eigenvalue weighted by Gasteiger charge is -2.12. The fourth-order valence-electron chi connectivity index (χ4n) is 1.45. The third kappa shape index (κ3) is 3.89. The van der Waals surface area contributed by atoms with E-state index in [4.69, 9.17) is 0 Å². The monoisotopic (exact) mass is 237 g/mol. The van der Waals surface area contributed by atoms with Gasteiger partial charge in [-0.15, -0.1) is 11.8 Å². The van der Waals surface area contributed by atoms with E-state index in [9.17, 15) is 4.79 Å². The van der Waals surface area contributed by atoms with Crippen LogP contribution in [0.2, 0.25) is 0 Å². The van der Waals surface area contributed by atoms with Crippen LogP contribution in [0.1, 0.15) is 25.8 Å². The fourth-order valence-corrected chi connectivity index (χ4v) is 2.07. The van der Waals surface area contributed by atoms with Crippen LogP contribution < -0.4 is 5.32 Å². The third-order valence-electron chi connectivity index (χ3n) is 2.56. The molecule has 1 amide bonds. The molecule has 88 valence electrons. The minimum absolute atomic E-state index is 0.107. The first-order valence-corrected chi connectivity index (χ1v) is 6.81.